The van der Waals surface area contributed by atoms with E-state index >= 15 is 0 Å². The number of thiophene rings is 1. The van der Waals surface area contributed by atoms with Crippen molar-refractivity contribution in [1.29, 1.82) is 0 Å². The molecular formula is C27H26N4O2S. The second-order valence-electron chi connectivity index (χ2n) is 8.66. The van der Waals surface area contributed by atoms with Crippen molar-refractivity contribution in [3.8, 4) is 10.6 Å². The monoisotopic (exact) mass is 470 g/mol. The number of rotatable bonds is 6. The summed E-state index contributed by atoms with van der Waals surface area (Å²) in [5.41, 5.74) is 2.90. The average Bonchev–Trinajstić information content (AvgIpc) is 3.53. The Morgan fingerprint density at radius 3 is 2.59 bits per heavy atom. The van der Waals surface area contributed by atoms with E-state index in [1.807, 2.05) is 85.1 Å². The standard InChI is InChI=1S/C27H26N4O2S/c1-3-19-11-7-12-21(15-19)31-25(32)23-16-22(24-13-8-14-34-24)29-30(23)18-27(31,2)26(33)28-17-20-9-5-4-6-10-20/h4-16H,3,17-18H2,1-2H3,(H,28,33). The van der Waals surface area contributed by atoms with Crippen molar-refractivity contribution in [2.45, 2.75) is 38.9 Å². The lowest BCUT2D eigenvalue weighted by atomic mass is 9.93. The topological polar surface area (TPSA) is 67.2 Å². The van der Waals surface area contributed by atoms with Gasteiger partial charge in [-0.15, -0.1) is 11.3 Å². The first kappa shape index (κ1) is 22.1. The molecule has 1 atom stereocenters. The van der Waals surface area contributed by atoms with E-state index in [2.05, 4.69) is 12.2 Å². The summed E-state index contributed by atoms with van der Waals surface area (Å²) in [5, 5.41) is 9.74. The fourth-order valence-corrected chi connectivity index (χ4v) is 5.10. The molecule has 0 fully saturated rings. The second-order valence-corrected chi connectivity index (χ2v) is 9.60. The summed E-state index contributed by atoms with van der Waals surface area (Å²) in [4.78, 5) is 30.2. The number of carbonyl (C=O) groups excluding carboxylic acids is 2. The zero-order valence-corrected chi connectivity index (χ0v) is 20.0. The van der Waals surface area contributed by atoms with Crippen LogP contribution in [0.3, 0.4) is 0 Å². The molecule has 2 aromatic carbocycles. The molecule has 172 valence electrons. The van der Waals surface area contributed by atoms with E-state index in [4.69, 9.17) is 5.10 Å². The molecule has 5 rings (SSSR count). The predicted molar refractivity (Wildman–Crippen MR) is 135 cm³/mol. The van der Waals surface area contributed by atoms with Crippen molar-refractivity contribution in [2.75, 3.05) is 4.90 Å². The highest BCUT2D eigenvalue weighted by Crippen LogP contribution is 2.35. The summed E-state index contributed by atoms with van der Waals surface area (Å²) in [5.74, 6) is -0.447. The van der Waals surface area contributed by atoms with Gasteiger partial charge in [-0.2, -0.15) is 5.10 Å². The van der Waals surface area contributed by atoms with Crippen LogP contribution in [0.1, 0.15) is 35.5 Å². The van der Waals surface area contributed by atoms with E-state index in [1.54, 1.807) is 20.9 Å². The number of aryl methyl sites for hydroxylation is 1. The van der Waals surface area contributed by atoms with Crippen molar-refractivity contribution in [1.82, 2.24) is 15.1 Å². The predicted octanol–water partition coefficient (Wildman–Crippen LogP) is 4.91. The first-order chi connectivity index (χ1) is 16.5. The summed E-state index contributed by atoms with van der Waals surface area (Å²) in [6.45, 7) is 4.54. The number of anilines is 1. The minimum absolute atomic E-state index is 0.217. The van der Waals surface area contributed by atoms with Gasteiger partial charge in [0.05, 0.1) is 11.4 Å². The molecule has 0 aliphatic carbocycles. The number of nitrogens with zero attached hydrogens (tertiary/aromatic N) is 3. The van der Waals surface area contributed by atoms with E-state index in [-0.39, 0.29) is 18.4 Å². The Morgan fingerprint density at radius 2 is 1.85 bits per heavy atom. The van der Waals surface area contributed by atoms with E-state index < -0.39 is 5.54 Å². The molecule has 0 saturated heterocycles. The van der Waals surface area contributed by atoms with Gasteiger partial charge in [0.1, 0.15) is 16.9 Å². The molecule has 4 aromatic rings. The van der Waals surface area contributed by atoms with Crippen molar-refractivity contribution >= 4 is 28.8 Å². The number of nitrogens with one attached hydrogen (secondary N) is 1. The zero-order chi connectivity index (χ0) is 23.7. The summed E-state index contributed by atoms with van der Waals surface area (Å²) in [7, 11) is 0. The van der Waals surface area contributed by atoms with Crippen LogP contribution in [-0.4, -0.2) is 27.1 Å². The van der Waals surface area contributed by atoms with Gasteiger partial charge in [0.15, 0.2) is 0 Å². The summed E-state index contributed by atoms with van der Waals surface area (Å²) >= 11 is 1.57. The normalized spacial score (nSPS) is 17.5. The third-order valence-corrected chi connectivity index (χ3v) is 7.18. The third-order valence-electron chi connectivity index (χ3n) is 6.29. The lowest BCUT2D eigenvalue weighted by Gasteiger charge is -2.43. The van der Waals surface area contributed by atoms with Crippen LogP contribution >= 0.6 is 11.3 Å². The molecule has 2 aromatic heterocycles. The molecule has 1 aliphatic rings. The minimum atomic E-state index is -1.15. The van der Waals surface area contributed by atoms with Crippen LogP contribution in [0.25, 0.3) is 10.6 Å². The second kappa shape index (κ2) is 8.91. The number of hydrogen-bond donors (Lipinski definition) is 1. The minimum Gasteiger partial charge on any atom is -0.350 e. The molecular weight excluding hydrogens is 444 g/mol. The highest BCUT2D eigenvalue weighted by Gasteiger charge is 2.48. The first-order valence-electron chi connectivity index (χ1n) is 11.4. The lowest BCUT2D eigenvalue weighted by molar-refractivity contribution is -0.126. The van der Waals surface area contributed by atoms with Gasteiger partial charge < -0.3 is 5.32 Å². The maximum Gasteiger partial charge on any atom is 0.277 e. The lowest BCUT2D eigenvalue weighted by Crippen LogP contribution is -2.64. The number of fused-ring (bicyclic) bond motifs is 1. The Hall–Kier alpha value is -3.71. The van der Waals surface area contributed by atoms with Crippen LogP contribution in [0.15, 0.2) is 78.2 Å². The number of hydrogen-bond acceptors (Lipinski definition) is 4. The maximum atomic E-state index is 13.9. The molecule has 0 saturated carbocycles. The molecule has 6 nitrogen and oxygen atoms in total. The average molecular weight is 471 g/mol. The molecule has 1 aliphatic heterocycles. The molecule has 34 heavy (non-hydrogen) atoms. The Labute approximate surface area is 202 Å². The highest BCUT2D eigenvalue weighted by atomic mass is 32.1. The largest absolute Gasteiger partial charge is 0.350 e. The van der Waals surface area contributed by atoms with E-state index in [0.29, 0.717) is 17.9 Å². The van der Waals surface area contributed by atoms with Crippen LogP contribution in [0.2, 0.25) is 0 Å². The third kappa shape index (κ3) is 3.92. The molecule has 3 heterocycles. The SMILES string of the molecule is CCc1cccc(N2C(=O)c3cc(-c4cccs4)nn3CC2(C)C(=O)NCc2ccccc2)c1. The molecule has 2 amide bonds. The first-order valence-corrected chi connectivity index (χ1v) is 12.2. The summed E-state index contributed by atoms with van der Waals surface area (Å²) in [6.07, 6.45) is 0.841. The number of carbonyl (C=O) groups is 2. The van der Waals surface area contributed by atoms with Crippen LogP contribution in [-0.2, 0) is 24.3 Å². The van der Waals surface area contributed by atoms with Crippen molar-refractivity contribution in [3.63, 3.8) is 0 Å². The fourth-order valence-electron chi connectivity index (χ4n) is 4.41. The molecule has 0 spiro atoms. The van der Waals surface area contributed by atoms with Gasteiger partial charge in [-0.25, -0.2) is 0 Å². The molecule has 0 bridgehead atoms. The maximum absolute atomic E-state index is 13.9. The van der Waals surface area contributed by atoms with Crippen LogP contribution in [0.4, 0.5) is 5.69 Å². The summed E-state index contributed by atoms with van der Waals surface area (Å²) < 4.78 is 1.68. The smallest absolute Gasteiger partial charge is 0.277 e. The van der Waals surface area contributed by atoms with E-state index in [9.17, 15) is 9.59 Å². The number of benzene rings is 2. The van der Waals surface area contributed by atoms with Gasteiger partial charge >= 0.3 is 0 Å². The van der Waals surface area contributed by atoms with Gasteiger partial charge in [0, 0.05) is 12.2 Å². The van der Waals surface area contributed by atoms with Gasteiger partial charge in [-0.05, 0) is 54.1 Å². The van der Waals surface area contributed by atoms with Crippen molar-refractivity contribution < 1.29 is 9.59 Å². The van der Waals surface area contributed by atoms with E-state index in [0.717, 1.165) is 28.1 Å². The van der Waals surface area contributed by atoms with Gasteiger partial charge in [0.25, 0.3) is 5.91 Å². The molecule has 1 unspecified atom stereocenters. The number of aromatic nitrogens is 2. The molecule has 1 N–H and O–H groups in total. The molecule has 7 heteroatoms. The van der Waals surface area contributed by atoms with Crippen LogP contribution in [0, 0.1) is 0 Å². The van der Waals surface area contributed by atoms with Crippen LogP contribution < -0.4 is 10.2 Å². The van der Waals surface area contributed by atoms with Crippen molar-refractivity contribution in [3.05, 3.63) is 95.0 Å². The van der Waals surface area contributed by atoms with Crippen molar-refractivity contribution in [2.24, 2.45) is 0 Å². The Balaban J connectivity index is 1.55. The van der Waals surface area contributed by atoms with Gasteiger partial charge in [-0.1, -0.05) is 55.5 Å². The van der Waals surface area contributed by atoms with Gasteiger partial charge in [0.2, 0.25) is 5.91 Å². The van der Waals surface area contributed by atoms with Gasteiger partial charge in [-0.3, -0.25) is 19.2 Å². The Bertz CT molecular complexity index is 1330. The quantitative estimate of drug-likeness (QED) is 0.435. The zero-order valence-electron chi connectivity index (χ0n) is 19.2. The number of amides is 2. The van der Waals surface area contributed by atoms with Crippen LogP contribution in [0.5, 0.6) is 0 Å². The Morgan fingerprint density at radius 1 is 1.06 bits per heavy atom. The Kier molecular flexibility index (Phi) is 5.79. The highest BCUT2D eigenvalue weighted by molar-refractivity contribution is 7.13. The van der Waals surface area contributed by atoms with E-state index in [1.165, 1.54) is 0 Å². The fraction of sp³-hybridized carbons (Fsp3) is 0.222. The summed E-state index contributed by atoms with van der Waals surface area (Å²) in [6, 6.07) is 23.4. The molecule has 0 radical (unpaired) electrons.